The van der Waals surface area contributed by atoms with Crippen molar-refractivity contribution in [1.29, 1.82) is 0 Å². The Morgan fingerprint density at radius 3 is 2.48 bits per heavy atom. The highest BCUT2D eigenvalue weighted by molar-refractivity contribution is 7.98. The number of carbonyl (C=O) groups is 1. The van der Waals surface area contributed by atoms with Gasteiger partial charge in [0.2, 0.25) is 5.91 Å². The molecule has 0 heterocycles. The van der Waals surface area contributed by atoms with Crippen molar-refractivity contribution in [2.75, 3.05) is 11.6 Å². The number of nitrogens with one attached hydrogen (secondary N) is 1. The van der Waals surface area contributed by atoms with Crippen LogP contribution < -0.4 is 5.32 Å². The van der Waals surface area contributed by atoms with Gasteiger partial charge in [-0.3, -0.25) is 4.79 Å². The molecule has 0 spiro atoms. The van der Waals surface area contributed by atoms with Crippen molar-refractivity contribution < 1.29 is 9.18 Å². The number of benzene rings is 2. The van der Waals surface area contributed by atoms with Crippen molar-refractivity contribution in [2.24, 2.45) is 0 Å². The highest BCUT2D eigenvalue weighted by Crippen LogP contribution is 2.42. The molecule has 120 valence electrons. The summed E-state index contributed by atoms with van der Waals surface area (Å²) in [6.45, 7) is 0. The van der Waals surface area contributed by atoms with E-state index in [0.717, 1.165) is 41.8 Å². The fourth-order valence-corrected chi connectivity index (χ4v) is 3.81. The predicted molar refractivity (Wildman–Crippen MR) is 93.4 cm³/mol. The molecule has 3 rings (SSSR count). The second kappa shape index (κ2) is 6.75. The highest BCUT2D eigenvalue weighted by atomic mass is 32.2. The number of hydrogen-bond acceptors (Lipinski definition) is 2. The van der Waals surface area contributed by atoms with Crippen LogP contribution in [0.25, 0.3) is 0 Å². The van der Waals surface area contributed by atoms with Crippen LogP contribution in [0.3, 0.4) is 0 Å². The van der Waals surface area contributed by atoms with E-state index in [1.165, 1.54) is 12.1 Å². The molecule has 1 amide bonds. The van der Waals surface area contributed by atoms with E-state index < -0.39 is 5.41 Å². The Balaban J connectivity index is 1.88. The predicted octanol–water partition coefficient (Wildman–Crippen LogP) is 5.00. The summed E-state index contributed by atoms with van der Waals surface area (Å²) in [6.07, 6.45) is 5.68. The summed E-state index contributed by atoms with van der Waals surface area (Å²) in [6, 6.07) is 14.2. The molecule has 0 bridgehead atoms. The second-order valence-electron chi connectivity index (χ2n) is 5.98. The summed E-state index contributed by atoms with van der Waals surface area (Å²) in [5.74, 6) is -0.255. The normalized spacial score (nSPS) is 16.3. The molecule has 23 heavy (non-hydrogen) atoms. The van der Waals surface area contributed by atoms with Crippen LogP contribution >= 0.6 is 11.8 Å². The van der Waals surface area contributed by atoms with Gasteiger partial charge in [0, 0.05) is 10.6 Å². The summed E-state index contributed by atoms with van der Waals surface area (Å²) in [5.41, 5.74) is 1.19. The molecular formula is C19H20FNOS. The van der Waals surface area contributed by atoms with Gasteiger partial charge in [0.05, 0.1) is 5.41 Å². The molecule has 0 aliphatic heterocycles. The van der Waals surface area contributed by atoms with Gasteiger partial charge in [-0.15, -0.1) is 11.8 Å². The third kappa shape index (κ3) is 3.27. The average Bonchev–Trinajstić information content (AvgIpc) is 3.06. The monoisotopic (exact) mass is 329 g/mol. The summed E-state index contributed by atoms with van der Waals surface area (Å²) in [7, 11) is 0. The van der Waals surface area contributed by atoms with Crippen molar-refractivity contribution in [3.8, 4) is 0 Å². The van der Waals surface area contributed by atoms with Gasteiger partial charge in [-0.1, -0.05) is 31.0 Å². The average molecular weight is 329 g/mol. The molecular weight excluding hydrogens is 309 g/mol. The third-order valence-electron chi connectivity index (χ3n) is 4.62. The maximum absolute atomic E-state index is 13.2. The first-order valence-electron chi connectivity index (χ1n) is 7.86. The number of anilines is 1. The minimum Gasteiger partial charge on any atom is -0.325 e. The largest absolute Gasteiger partial charge is 0.325 e. The number of rotatable bonds is 4. The molecule has 1 N–H and O–H groups in total. The molecule has 1 saturated carbocycles. The first kappa shape index (κ1) is 16.1. The molecule has 4 heteroatoms. The molecule has 1 fully saturated rings. The zero-order valence-corrected chi connectivity index (χ0v) is 14.0. The summed E-state index contributed by atoms with van der Waals surface area (Å²) < 4.78 is 13.2. The van der Waals surface area contributed by atoms with Gasteiger partial charge in [-0.2, -0.15) is 0 Å². The van der Waals surface area contributed by atoms with Gasteiger partial charge < -0.3 is 5.32 Å². The van der Waals surface area contributed by atoms with E-state index in [2.05, 4.69) is 5.32 Å². The Morgan fingerprint density at radius 1 is 1.13 bits per heavy atom. The van der Waals surface area contributed by atoms with Gasteiger partial charge in [0.25, 0.3) is 0 Å². The van der Waals surface area contributed by atoms with Crippen LogP contribution in [0.4, 0.5) is 10.1 Å². The van der Waals surface area contributed by atoms with E-state index in [-0.39, 0.29) is 11.7 Å². The minimum atomic E-state index is -0.539. The maximum atomic E-state index is 13.2. The van der Waals surface area contributed by atoms with E-state index in [4.69, 9.17) is 0 Å². The molecule has 2 aromatic carbocycles. The van der Waals surface area contributed by atoms with E-state index in [9.17, 15) is 9.18 Å². The van der Waals surface area contributed by atoms with Crippen LogP contribution in [0.2, 0.25) is 0 Å². The van der Waals surface area contributed by atoms with Crippen LogP contribution in [-0.2, 0) is 10.2 Å². The Hall–Kier alpha value is -1.81. The summed E-state index contributed by atoms with van der Waals surface area (Å²) in [5, 5.41) is 3.07. The summed E-state index contributed by atoms with van der Waals surface area (Å²) >= 11 is 1.65. The molecule has 0 unspecified atom stereocenters. The zero-order chi connectivity index (χ0) is 16.3. The second-order valence-corrected chi connectivity index (χ2v) is 6.86. The molecule has 0 aromatic heterocycles. The zero-order valence-electron chi connectivity index (χ0n) is 13.1. The van der Waals surface area contributed by atoms with Gasteiger partial charge in [0.15, 0.2) is 0 Å². The molecule has 1 aliphatic carbocycles. The number of halogens is 1. The first-order valence-corrected chi connectivity index (χ1v) is 9.08. The van der Waals surface area contributed by atoms with Crippen LogP contribution in [-0.4, -0.2) is 12.2 Å². The van der Waals surface area contributed by atoms with E-state index in [1.54, 1.807) is 23.9 Å². The van der Waals surface area contributed by atoms with Gasteiger partial charge in [-0.25, -0.2) is 4.39 Å². The number of carbonyl (C=O) groups excluding carboxylic acids is 1. The highest BCUT2D eigenvalue weighted by Gasteiger charge is 2.42. The first-order chi connectivity index (χ1) is 11.1. The Kier molecular flexibility index (Phi) is 4.71. The van der Waals surface area contributed by atoms with Crippen molar-refractivity contribution in [1.82, 2.24) is 0 Å². The van der Waals surface area contributed by atoms with E-state index >= 15 is 0 Å². The van der Waals surface area contributed by atoms with Crippen molar-refractivity contribution in [3.63, 3.8) is 0 Å². The standard InChI is InChI=1S/C19H20FNOS/c1-23-17-6-4-5-16(13-17)21-18(22)19(11-2-3-12-19)14-7-9-15(20)10-8-14/h4-10,13H,2-3,11-12H2,1H3,(H,21,22). The Morgan fingerprint density at radius 2 is 1.83 bits per heavy atom. The fraction of sp³-hybridized carbons (Fsp3) is 0.316. The molecule has 2 aromatic rings. The number of amides is 1. The smallest absolute Gasteiger partial charge is 0.235 e. The SMILES string of the molecule is CSc1cccc(NC(=O)C2(c3ccc(F)cc3)CCCC2)c1. The van der Waals surface area contributed by atoms with Gasteiger partial charge >= 0.3 is 0 Å². The molecule has 1 aliphatic rings. The quantitative estimate of drug-likeness (QED) is 0.800. The third-order valence-corrected chi connectivity index (χ3v) is 5.34. The van der Waals surface area contributed by atoms with Crippen LogP contribution in [0, 0.1) is 5.82 Å². The lowest BCUT2D eigenvalue weighted by molar-refractivity contribution is -0.121. The fourth-order valence-electron chi connectivity index (χ4n) is 3.35. The van der Waals surface area contributed by atoms with Crippen molar-refractivity contribution >= 4 is 23.4 Å². The Labute approximate surface area is 140 Å². The number of thioether (sulfide) groups is 1. The van der Waals surface area contributed by atoms with Gasteiger partial charge in [0.1, 0.15) is 5.82 Å². The molecule has 0 atom stereocenters. The number of hydrogen-bond donors (Lipinski definition) is 1. The van der Waals surface area contributed by atoms with Crippen LogP contribution in [0.1, 0.15) is 31.2 Å². The lowest BCUT2D eigenvalue weighted by Gasteiger charge is -2.28. The van der Waals surface area contributed by atoms with E-state index in [1.807, 2.05) is 30.5 Å². The van der Waals surface area contributed by atoms with Crippen molar-refractivity contribution in [2.45, 2.75) is 36.0 Å². The molecule has 2 nitrogen and oxygen atoms in total. The Bertz CT molecular complexity index is 693. The lowest BCUT2D eigenvalue weighted by Crippen LogP contribution is -2.38. The molecule has 0 saturated heterocycles. The lowest BCUT2D eigenvalue weighted by atomic mass is 9.78. The van der Waals surface area contributed by atoms with E-state index in [0.29, 0.717) is 0 Å². The van der Waals surface area contributed by atoms with Gasteiger partial charge in [-0.05, 0) is 55.0 Å². The maximum Gasteiger partial charge on any atom is 0.235 e. The summed E-state index contributed by atoms with van der Waals surface area (Å²) in [4.78, 5) is 14.1. The van der Waals surface area contributed by atoms with Crippen molar-refractivity contribution in [3.05, 3.63) is 59.9 Å². The molecule has 0 radical (unpaired) electrons. The van der Waals surface area contributed by atoms with Crippen LogP contribution in [0.15, 0.2) is 53.4 Å². The minimum absolute atomic E-state index is 0.0138. The topological polar surface area (TPSA) is 29.1 Å². The van der Waals surface area contributed by atoms with Crippen LogP contribution in [0.5, 0.6) is 0 Å².